The number of furan rings is 1. The Labute approximate surface area is 148 Å². The molecule has 2 aromatic rings. The summed E-state index contributed by atoms with van der Waals surface area (Å²) in [6.45, 7) is 6.59. The van der Waals surface area contributed by atoms with Gasteiger partial charge in [-0.05, 0) is 49.6 Å². The summed E-state index contributed by atoms with van der Waals surface area (Å²) in [6, 6.07) is 9.87. The number of benzene rings is 1. The molecule has 0 spiro atoms. The minimum atomic E-state index is -0.458. The van der Waals surface area contributed by atoms with E-state index in [0.717, 1.165) is 34.1 Å². The number of thioether (sulfide) groups is 1. The molecule has 0 aliphatic heterocycles. The number of nitrogens with one attached hydrogen (secondary N) is 1. The number of hydrogen-bond donors (Lipinski definition) is 1. The fourth-order valence-electron chi connectivity index (χ4n) is 2.24. The largest absolute Gasteiger partial charge is 0.480 e. The van der Waals surface area contributed by atoms with Crippen LogP contribution in [-0.2, 0) is 10.5 Å². The molecule has 1 amide bonds. The summed E-state index contributed by atoms with van der Waals surface area (Å²) < 4.78 is 11.2. The Morgan fingerprint density at radius 3 is 2.88 bits per heavy atom. The van der Waals surface area contributed by atoms with Gasteiger partial charge < -0.3 is 14.5 Å². The second-order valence-corrected chi connectivity index (χ2v) is 6.81. The molecule has 0 radical (unpaired) electrons. The summed E-state index contributed by atoms with van der Waals surface area (Å²) in [6.07, 6.45) is 1.85. The Bertz CT molecular complexity index is 640. The molecule has 130 valence electrons. The van der Waals surface area contributed by atoms with Crippen LogP contribution < -0.4 is 10.1 Å². The molecule has 0 aliphatic rings. The molecule has 1 N–H and O–H groups in total. The fourth-order valence-corrected chi connectivity index (χ4v) is 2.99. The van der Waals surface area contributed by atoms with Crippen molar-refractivity contribution in [2.24, 2.45) is 0 Å². The first-order valence-electron chi connectivity index (χ1n) is 8.22. The third-order valence-electron chi connectivity index (χ3n) is 3.65. The second kappa shape index (κ2) is 9.42. The molecule has 1 atom stereocenters. The summed E-state index contributed by atoms with van der Waals surface area (Å²) in [5.41, 5.74) is 2.17. The van der Waals surface area contributed by atoms with Gasteiger partial charge in [0.2, 0.25) is 0 Å². The Hall–Kier alpha value is -1.88. The molecular weight excluding hydrogens is 322 g/mol. The van der Waals surface area contributed by atoms with Gasteiger partial charge in [0.05, 0.1) is 12.0 Å². The number of hydrogen-bond acceptors (Lipinski definition) is 4. The van der Waals surface area contributed by atoms with Crippen LogP contribution in [0.1, 0.15) is 30.2 Å². The highest BCUT2D eigenvalue weighted by atomic mass is 32.2. The lowest BCUT2D eigenvalue weighted by Gasteiger charge is -2.19. The molecule has 0 aliphatic carbocycles. The van der Waals surface area contributed by atoms with Crippen LogP contribution in [0, 0.1) is 13.8 Å². The number of carbonyl (C=O) groups excluding carboxylic acids is 1. The van der Waals surface area contributed by atoms with E-state index >= 15 is 0 Å². The second-order valence-electron chi connectivity index (χ2n) is 5.71. The van der Waals surface area contributed by atoms with Crippen molar-refractivity contribution in [3.63, 3.8) is 0 Å². The third-order valence-corrected chi connectivity index (χ3v) is 4.63. The van der Waals surface area contributed by atoms with E-state index in [1.807, 2.05) is 51.1 Å². The first-order valence-corrected chi connectivity index (χ1v) is 9.37. The molecule has 1 heterocycles. The summed E-state index contributed by atoms with van der Waals surface area (Å²) in [5, 5.41) is 2.95. The van der Waals surface area contributed by atoms with Crippen LogP contribution in [0.15, 0.2) is 41.0 Å². The van der Waals surface area contributed by atoms with Gasteiger partial charge in [-0.15, -0.1) is 0 Å². The van der Waals surface area contributed by atoms with Crippen molar-refractivity contribution < 1.29 is 13.9 Å². The van der Waals surface area contributed by atoms with Crippen molar-refractivity contribution >= 4 is 17.7 Å². The smallest absolute Gasteiger partial charge is 0.261 e. The maximum Gasteiger partial charge on any atom is 0.261 e. The van der Waals surface area contributed by atoms with Crippen molar-refractivity contribution in [2.75, 3.05) is 12.3 Å². The average molecular weight is 347 g/mol. The van der Waals surface area contributed by atoms with Crippen molar-refractivity contribution in [2.45, 2.75) is 39.0 Å². The molecule has 4 nitrogen and oxygen atoms in total. The lowest BCUT2D eigenvalue weighted by Crippen LogP contribution is -2.39. The normalized spacial score (nSPS) is 12.0. The van der Waals surface area contributed by atoms with Crippen molar-refractivity contribution in [1.82, 2.24) is 5.32 Å². The fraction of sp³-hybridized carbons (Fsp3) is 0.421. The zero-order chi connectivity index (χ0) is 17.4. The van der Waals surface area contributed by atoms with E-state index in [1.165, 1.54) is 0 Å². The van der Waals surface area contributed by atoms with Crippen LogP contribution >= 0.6 is 11.8 Å². The van der Waals surface area contributed by atoms with Crippen LogP contribution in [0.2, 0.25) is 0 Å². The van der Waals surface area contributed by atoms with Crippen molar-refractivity contribution in [1.29, 1.82) is 0 Å². The molecule has 0 unspecified atom stereocenters. The van der Waals surface area contributed by atoms with Crippen LogP contribution in [-0.4, -0.2) is 24.3 Å². The maximum absolute atomic E-state index is 12.3. The minimum absolute atomic E-state index is 0.0583. The van der Waals surface area contributed by atoms with E-state index < -0.39 is 6.10 Å². The van der Waals surface area contributed by atoms with Crippen LogP contribution in [0.5, 0.6) is 5.75 Å². The predicted octanol–water partition coefficient (Wildman–Crippen LogP) is 4.10. The quantitative estimate of drug-likeness (QED) is 0.694. The molecule has 0 saturated heterocycles. The zero-order valence-corrected chi connectivity index (χ0v) is 15.3. The molecule has 24 heavy (non-hydrogen) atoms. The van der Waals surface area contributed by atoms with Crippen LogP contribution in [0.4, 0.5) is 0 Å². The topological polar surface area (TPSA) is 51.5 Å². The van der Waals surface area contributed by atoms with Gasteiger partial charge in [0.1, 0.15) is 11.5 Å². The molecular formula is C19H25NO3S. The molecule has 0 fully saturated rings. The van der Waals surface area contributed by atoms with Crippen LogP contribution in [0.3, 0.4) is 0 Å². The van der Waals surface area contributed by atoms with Gasteiger partial charge in [0.15, 0.2) is 6.10 Å². The van der Waals surface area contributed by atoms with Gasteiger partial charge in [0.25, 0.3) is 5.91 Å². The van der Waals surface area contributed by atoms with Gasteiger partial charge >= 0.3 is 0 Å². The van der Waals surface area contributed by atoms with Crippen molar-refractivity contribution in [3.05, 3.63) is 53.5 Å². The Kier molecular flexibility index (Phi) is 7.25. The highest BCUT2D eigenvalue weighted by Crippen LogP contribution is 2.21. The molecule has 2 rings (SSSR count). The number of aryl methyl sites for hydroxylation is 2. The summed E-state index contributed by atoms with van der Waals surface area (Å²) in [5.74, 6) is 3.34. The Morgan fingerprint density at radius 2 is 2.17 bits per heavy atom. The number of amides is 1. The lowest BCUT2D eigenvalue weighted by molar-refractivity contribution is -0.128. The van der Waals surface area contributed by atoms with E-state index in [-0.39, 0.29) is 5.91 Å². The summed E-state index contributed by atoms with van der Waals surface area (Å²) in [4.78, 5) is 12.3. The first-order chi connectivity index (χ1) is 11.6. The van der Waals surface area contributed by atoms with Crippen molar-refractivity contribution in [3.8, 4) is 5.75 Å². The summed E-state index contributed by atoms with van der Waals surface area (Å²) in [7, 11) is 0. The van der Waals surface area contributed by atoms with Gasteiger partial charge in [-0.2, -0.15) is 11.8 Å². The van der Waals surface area contributed by atoms with Crippen LogP contribution in [0.25, 0.3) is 0 Å². The Balaban J connectivity index is 1.75. The highest BCUT2D eigenvalue weighted by Gasteiger charge is 2.18. The number of rotatable bonds is 9. The molecule has 0 saturated carbocycles. The standard InChI is InChI=1S/C19H25NO3S/c1-4-17(23-18-12-14(2)7-8-15(18)3)19(21)20-9-11-24-13-16-6-5-10-22-16/h5-8,10,12,17H,4,9,11,13H2,1-3H3,(H,20,21)/t17-/m1/s1. The van der Waals surface area contributed by atoms with Gasteiger partial charge in [-0.3, -0.25) is 4.79 Å². The van der Waals surface area contributed by atoms with E-state index in [4.69, 9.17) is 9.15 Å². The molecule has 0 bridgehead atoms. The van der Waals surface area contributed by atoms with E-state index in [2.05, 4.69) is 5.32 Å². The predicted molar refractivity (Wildman–Crippen MR) is 98.5 cm³/mol. The Morgan fingerprint density at radius 1 is 1.33 bits per heavy atom. The first kappa shape index (κ1) is 18.5. The number of carbonyl (C=O) groups is 1. The van der Waals surface area contributed by atoms with E-state index in [9.17, 15) is 4.79 Å². The molecule has 1 aromatic carbocycles. The monoisotopic (exact) mass is 347 g/mol. The van der Waals surface area contributed by atoms with E-state index in [1.54, 1.807) is 18.0 Å². The maximum atomic E-state index is 12.3. The van der Waals surface area contributed by atoms with Gasteiger partial charge in [-0.1, -0.05) is 19.1 Å². The van der Waals surface area contributed by atoms with Gasteiger partial charge in [0, 0.05) is 12.3 Å². The highest BCUT2D eigenvalue weighted by molar-refractivity contribution is 7.98. The van der Waals surface area contributed by atoms with Gasteiger partial charge in [-0.25, -0.2) is 0 Å². The zero-order valence-electron chi connectivity index (χ0n) is 14.5. The van der Waals surface area contributed by atoms with E-state index in [0.29, 0.717) is 13.0 Å². The molecule has 5 heteroatoms. The lowest BCUT2D eigenvalue weighted by atomic mass is 10.1. The summed E-state index contributed by atoms with van der Waals surface area (Å²) >= 11 is 1.73. The molecule has 1 aromatic heterocycles. The minimum Gasteiger partial charge on any atom is -0.480 e. The third kappa shape index (κ3) is 5.64. The number of ether oxygens (including phenoxy) is 1. The average Bonchev–Trinajstić information content (AvgIpc) is 3.08. The SMILES string of the molecule is CC[C@@H](Oc1cc(C)ccc1C)C(=O)NCCSCc1ccco1.